The average molecular weight is 462 g/mol. The SMILES string of the molecule is CCOC(=O)c1ccc(NC(=O)CCCc2c(-c3ccccn3)[nH]c3ccc(Cl)cc23)cc1. The van der Waals surface area contributed by atoms with Crippen LogP contribution in [0.4, 0.5) is 5.69 Å². The van der Waals surface area contributed by atoms with Crippen LogP contribution in [0.3, 0.4) is 0 Å². The van der Waals surface area contributed by atoms with Crippen LogP contribution >= 0.6 is 11.6 Å². The molecule has 0 fully saturated rings. The Balaban J connectivity index is 1.43. The minimum atomic E-state index is -0.377. The highest BCUT2D eigenvalue weighted by molar-refractivity contribution is 6.31. The van der Waals surface area contributed by atoms with E-state index in [4.69, 9.17) is 16.3 Å². The Morgan fingerprint density at radius 3 is 2.64 bits per heavy atom. The Morgan fingerprint density at radius 2 is 1.91 bits per heavy atom. The number of ether oxygens (including phenoxy) is 1. The lowest BCUT2D eigenvalue weighted by molar-refractivity contribution is -0.116. The van der Waals surface area contributed by atoms with E-state index in [0.717, 1.165) is 27.9 Å². The van der Waals surface area contributed by atoms with E-state index in [1.165, 1.54) is 0 Å². The van der Waals surface area contributed by atoms with Crippen LogP contribution in [-0.4, -0.2) is 28.5 Å². The number of hydrogen-bond acceptors (Lipinski definition) is 4. The highest BCUT2D eigenvalue weighted by atomic mass is 35.5. The Morgan fingerprint density at radius 1 is 1.09 bits per heavy atom. The first-order valence-electron chi connectivity index (χ1n) is 10.8. The van der Waals surface area contributed by atoms with Gasteiger partial charge in [0.05, 0.1) is 23.6 Å². The predicted molar refractivity (Wildman–Crippen MR) is 131 cm³/mol. The molecule has 0 unspecified atom stereocenters. The van der Waals surface area contributed by atoms with E-state index < -0.39 is 0 Å². The van der Waals surface area contributed by atoms with Crippen LogP contribution in [0.25, 0.3) is 22.3 Å². The number of benzene rings is 2. The number of aromatic amines is 1. The summed E-state index contributed by atoms with van der Waals surface area (Å²) >= 11 is 6.25. The van der Waals surface area contributed by atoms with Gasteiger partial charge in [-0.05, 0) is 79.9 Å². The molecule has 0 bridgehead atoms. The third-order valence-corrected chi connectivity index (χ3v) is 5.53. The summed E-state index contributed by atoms with van der Waals surface area (Å²) in [6.07, 6.45) is 3.47. The van der Waals surface area contributed by atoms with Gasteiger partial charge in [-0.1, -0.05) is 17.7 Å². The Labute approximate surface area is 197 Å². The number of nitrogens with one attached hydrogen (secondary N) is 2. The molecule has 33 heavy (non-hydrogen) atoms. The number of fused-ring (bicyclic) bond motifs is 1. The van der Waals surface area contributed by atoms with Gasteiger partial charge >= 0.3 is 5.97 Å². The maximum absolute atomic E-state index is 12.5. The third kappa shape index (κ3) is 5.41. The fourth-order valence-electron chi connectivity index (χ4n) is 3.76. The molecule has 0 atom stereocenters. The smallest absolute Gasteiger partial charge is 0.338 e. The average Bonchev–Trinajstić information content (AvgIpc) is 3.18. The predicted octanol–water partition coefficient (Wildman–Crippen LogP) is 6.02. The summed E-state index contributed by atoms with van der Waals surface area (Å²) in [4.78, 5) is 32.2. The highest BCUT2D eigenvalue weighted by Gasteiger charge is 2.15. The summed E-state index contributed by atoms with van der Waals surface area (Å²) in [6, 6.07) is 18.2. The molecule has 168 valence electrons. The van der Waals surface area contributed by atoms with Crippen LogP contribution in [0, 0.1) is 0 Å². The fourth-order valence-corrected chi connectivity index (χ4v) is 3.93. The number of rotatable bonds is 8. The monoisotopic (exact) mass is 461 g/mol. The largest absolute Gasteiger partial charge is 0.462 e. The van der Waals surface area contributed by atoms with Crippen molar-refractivity contribution in [3.63, 3.8) is 0 Å². The minimum Gasteiger partial charge on any atom is -0.462 e. The molecule has 4 rings (SSSR count). The Bertz CT molecular complexity index is 1270. The molecule has 6 nitrogen and oxygen atoms in total. The van der Waals surface area contributed by atoms with Crippen molar-refractivity contribution in [2.75, 3.05) is 11.9 Å². The van der Waals surface area contributed by atoms with Gasteiger partial charge in [0.1, 0.15) is 0 Å². The topological polar surface area (TPSA) is 84.1 Å². The first-order chi connectivity index (χ1) is 16.0. The lowest BCUT2D eigenvalue weighted by atomic mass is 10.0. The number of aromatic nitrogens is 2. The number of H-pyrrole nitrogens is 1. The molecule has 0 saturated heterocycles. The molecule has 0 radical (unpaired) electrons. The molecule has 2 N–H and O–H groups in total. The first kappa shape index (κ1) is 22.6. The molecular formula is C26H24ClN3O3. The van der Waals surface area contributed by atoms with Gasteiger partial charge in [-0.25, -0.2) is 4.79 Å². The molecule has 1 amide bonds. The zero-order valence-electron chi connectivity index (χ0n) is 18.2. The van der Waals surface area contributed by atoms with E-state index in [0.29, 0.717) is 42.1 Å². The van der Waals surface area contributed by atoms with Crippen molar-refractivity contribution in [2.24, 2.45) is 0 Å². The Kier molecular flexibility index (Phi) is 7.05. The summed E-state index contributed by atoms with van der Waals surface area (Å²) in [5.74, 6) is -0.464. The maximum atomic E-state index is 12.5. The quantitative estimate of drug-likeness (QED) is 0.314. The van der Waals surface area contributed by atoms with Crippen molar-refractivity contribution in [3.8, 4) is 11.4 Å². The van der Waals surface area contributed by atoms with Crippen molar-refractivity contribution in [1.82, 2.24) is 9.97 Å². The second-order valence-electron chi connectivity index (χ2n) is 7.58. The summed E-state index contributed by atoms with van der Waals surface area (Å²) in [5.41, 5.74) is 4.98. The first-order valence-corrected chi connectivity index (χ1v) is 11.2. The molecule has 7 heteroatoms. The van der Waals surface area contributed by atoms with Crippen molar-refractivity contribution < 1.29 is 14.3 Å². The van der Waals surface area contributed by atoms with E-state index in [1.807, 2.05) is 36.4 Å². The number of halogens is 1. The lowest BCUT2D eigenvalue weighted by Crippen LogP contribution is -2.12. The molecule has 0 aliphatic heterocycles. The van der Waals surface area contributed by atoms with Gasteiger partial charge in [0.2, 0.25) is 5.91 Å². The van der Waals surface area contributed by atoms with Gasteiger partial charge in [0, 0.05) is 34.2 Å². The zero-order chi connectivity index (χ0) is 23.2. The third-order valence-electron chi connectivity index (χ3n) is 5.30. The van der Waals surface area contributed by atoms with Gasteiger partial charge < -0.3 is 15.0 Å². The van der Waals surface area contributed by atoms with Crippen molar-refractivity contribution in [3.05, 3.63) is 83.0 Å². The van der Waals surface area contributed by atoms with Gasteiger partial charge in [0.25, 0.3) is 0 Å². The normalized spacial score (nSPS) is 10.8. The molecular weight excluding hydrogens is 438 g/mol. The second-order valence-corrected chi connectivity index (χ2v) is 8.02. The van der Waals surface area contributed by atoms with E-state index in [-0.39, 0.29) is 11.9 Å². The lowest BCUT2D eigenvalue weighted by Gasteiger charge is -2.08. The fraction of sp³-hybridized carbons (Fsp3) is 0.192. The zero-order valence-corrected chi connectivity index (χ0v) is 19.0. The second kappa shape index (κ2) is 10.3. The van der Waals surface area contributed by atoms with E-state index in [2.05, 4.69) is 15.3 Å². The van der Waals surface area contributed by atoms with Crippen LogP contribution in [0.1, 0.15) is 35.7 Å². The minimum absolute atomic E-state index is 0.0869. The van der Waals surface area contributed by atoms with Gasteiger partial charge in [-0.3, -0.25) is 9.78 Å². The Hall–Kier alpha value is -3.64. The number of amides is 1. The van der Waals surface area contributed by atoms with E-state index >= 15 is 0 Å². The van der Waals surface area contributed by atoms with Gasteiger partial charge in [0.15, 0.2) is 0 Å². The van der Waals surface area contributed by atoms with Gasteiger partial charge in [-0.2, -0.15) is 0 Å². The summed E-state index contributed by atoms with van der Waals surface area (Å²) in [5, 5.41) is 4.59. The number of aryl methyl sites for hydroxylation is 1. The molecule has 2 aromatic heterocycles. The number of esters is 1. The highest BCUT2D eigenvalue weighted by Crippen LogP contribution is 2.32. The van der Waals surface area contributed by atoms with Crippen LogP contribution in [0.5, 0.6) is 0 Å². The standard InChI is InChI=1S/C26H24ClN3O3/c1-2-33-26(32)17-9-12-19(13-10-17)29-24(31)8-5-6-20-21-16-18(27)11-14-22(21)30-25(20)23-7-3-4-15-28-23/h3-4,7,9-16,30H,2,5-6,8H2,1H3,(H,29,31). The number of carbonyl (C=O) groups excluding carboxylic acids is 2. The van der Waals surface area contributed by atoms with Crippen LogP contribution in [0.2, 0.25) is 5.02 Å². The number of anilines is 1. The van der Waals surface area contributed by atoms with Crippen LogP contribution < -0.4 is 5.32 Å². The number of pyridine rings is 1. The van der Waals surface area contributed by atoms with Crippen molar-refractivity contribution in [2.45, 2.75) is 26.2 Å². The van der Waals surface area contributed by atoms with Crippen molar-refractivity contribution in [1.29, 1.82) is 0 Å². The molecule has 2 heterocycles. The molecule has 0 aliphatic carbocycles. The maximum Gasteiger partial charge on any atom is 0.338 e. The van der Waals surface area contributed by atoms with Crippen LogP contribution in [-0.2, 0) is 16.0 Å². The molecule has 0 saturated carbocycles. The summed E-state index contributed by atoms with van der Waals surface area (Å²) < 4.78 is 4.98. The van der Waals surface area contributed by atoms with E-state index in [1.54, 1.807) is 37.4 Å². The van der Waals surface area contributed by atoms with Crippen LogP contribution in [0.15, 0.2) is 66.9 Å². The summed E-state index contributed by atoms with van der Waals surface area (Å²) in [7, 11) is 0. The van der Waals surface area contributed by atoms with Gasteiger partial charge in [-0.15, -0.1) is 0 Å². The van der Waals surface area contributed by atoms with Crippen molar-refractivity contribution >= 4 is 40.1 Å². The molecule has 0 spiro atoms. The molecule has 2 aromatic carbocycles. The number of nitrogens with zero attached hydrogens (tertiary/aromatic N) is 1. The summed E-state index contributed by atoms with van der Waals surface area (Å²) in [6.45, 7) is 2.08. The molecule has 0 aliphatic rings. The molecule has 4 aromatic rings. The number of hydrogen-bond donors (Lipinski definition) is 2. The van der Waals surface area contributed by atoms with E-state index in [9.17, 15) is 9.59 Å². The number of carbonyl (C=O) groups is 2.